The van der Waals surface area contributed by atoms with E-state index in [-0.39, 0.29) is 17.6 Å². The number of nitrogens with one attached hydrogen (secondary N) is 1. The molecule has 2 atom stereocenters. The molecule has 0 spiro atoms. The molecule has 1 aliphatic carbocycles. The average molecular weight is 277 g/mol. The fourth-order valence-corrected chi connectivity index (χ4v) is 2.67. The molecule has 1 fully saturated rings. The quantitative estimate of drug-likeness (QED) is 0.648. The highest BCUT2D eigenvalue weighted by Gasteiger charge is 2.25. The first-order valence-corrected chi connectivity index (χ1v) is 6.87. The Hall–Kier alpha value is -1.95. The van der Waals surface area contributed by atoms with Crippen molar-refractivity contribution in [3.63, 3.8) is 0 Å². The molecule has 0 saturated heterocycles. The summed E-state index contributed by atoms with van der Waals surface area (Å²) in [6.45, 7) is 0.575. The highest BCUT2D eigenvalue weighted by molar-refractivity contribution is 5.94. The number of carbonyl (C=O) groups is 1. The Morgan fingerprint density at radius 3 is 2.55 bits per heavy atom. The number of amides is 1. The molecule has 1 amide bonds. The average Bonchev–Trinajstić information content (AvgIpc) is 2.48. The third-order valence-corrected chi connectivity index (χ3v) is 3.87. The molecule has 6 nitrogen and oxygen atoms in total. The fraction of sp³-hybridized carbons (Fsp3) is 0.500. The molecule has 108 valence electrons. The predicted molar refractivity (Wildman–Crippen MR) is 75.4 cm³/mol. The first-order chi connectivity index (χ1) is 9.61. The molecule has 0 bridgehead atoms. The zero-order valence-corrected chi connectivity index (χ0v) is 11.2. The van der Waals surface area contributed by atoms with Crippen LogP contribution in [0.25, 0.3) is 0 Å². The zero-order chi connectivity index (χ0) is 14.5. The first-order valence-electron chi connectivity index (χ1n) is 6.87. The van der Waals surface area contributed by atoms with Gasteiger partial charge in [0.05, 0.1) is 4.92 Å². The number of nitro groups is 1. The lowest BCUT2D eigenvalue weighted by Crippen LogP contribution is -2.44. The molecule has 3 N–H and O–H groups in total. The largest absolute Gasteiger partial charge is 0.349 e. The van der Waals surface area contributed by atoms with Crippen LogP contribution < -0.4 is 11.1 Å². The van der Waals surface area contributed by atoms with Gasteiger partial charge >= 0.3 is 0 Å². The molecule has 20 heavy (non-hydrogen) atoms. The Morgan fingerprint density at radius 2 is 1.95 bits per heavy atom. The van der Waals surface area contributed by atoms with Crippen LogP contribution in [0.4, 0.5) is 5.69 Å². The number of hydrogen-bond donors (Lipinski definition) is 2. The van der Waals surface area contributed by atoms with Gasteiger partial charge in [0.15, 0.2) is 0 Å². The van der Waals surface area contributed by atoms with Crippen molar-refractivity contribution in [1.82, 2.24) is 5.32 Å². The Labute approximate surface area is 117 Å². The summed E-state index contributed by atoms with van der Waals surface area (Å²) in [5.41, 5.74) is 6.16. The number of non-ortho nitro benzene ring substituents is 1. The molecule has 1 aromatic carbocycles. The minimum absolute atomic E-state index is 0.0148. The summed E-state index contributed by atoms with van der Waals surface area (Å²) < 4.78 is 0. The van der Waals surface area contributed by atoms with E-state index in [1.807, 2.05) is 0 Å². The molecule has 2 unspecified atom stereocenters. The lowest BCUT2D eigenvalue weighted by Gasteiger charge is -2.31. The maximum atomic E-state index is 12.1. The summed E-state index contributed by atoms with van der Waals surface area (Å²) in [7, 11) is 0. The molecule has 0 radical (unpaired) electrons. The third-order valence-electron chi connectivity index (χ3n) is 3.87. The lowest BCUT2D eigenvalue weighted by atomic mass is 9.84. The zero-order valence-electron chi connectivity index (χ0n) is 11.2. The molecule has 0 heterocycles. The SMILES string of the molecule is NCC1CCCCC1NC(=O)c1ccc([N+](=O)[O-])cc1. The number of nitrogens with two attached hydrogens (primary N) is 1. The molecule has 0 aliphatic heterocycles. The van der Waals surface area contributed by atoms with Crippen molar-refractivity contribution < 1.29 is 9.72 Å². The highest BCUT2D eigenvalue weighted by atomic mass is 16.6. The summed E-state index contributed by atoms with van der Waals surface area (Å²) in [4.78, 5) is 22.2. The fourth-order valence-electron chi connectivity index (χ4n) is 2.67. The number of nitro benzene ring substituents is 1. The minimum Gasteiger partial charge on any atom is -0.349 e. The third kappa shape index (κ3) is 3.33. The van der Waals surface area contributed by atoms with E-state index >= 15 is 0 Å². The van der Waals surface area contributed by atoms with Gasteiger partial charge in [-0.25, -0.2) is 0 Å². The monoisotopic (exact) mass is 277 g/mol. The van der Waals surface area contributed by atoms with E-state index in [1.165, 1.54) is 24.3 Å². The van der Waals surface area contributed by atoms with E-state index in [0.717, 1.165) is 25.7 Å². The van der Waals surface area contributed by atoms with Crippen molar-refractivity contribution in [3.05, 3.63) is 39.9 Å². The van der Waals surface area contributed by atoms with Crippen molar-refractivity contribution >= 4 is 11.6 Å². The summed E-state index contributed by atoms with van der Waals surface area (Å²) in [5.74, 6) is 0.135. The van der Waals surface area contributed by atoms with Crippen molar-refractivity contribution in [2.24, 2.45) is 11.7 Å². The van der Waals surface area contributed by atoms with E-state index < -0.39 is 4.92 Å². The van der Waals surface area contributed by atoms with Crippen LogP contribution in [0.1, 0.15) is 36.0 Å². The molecule has 1 saturated carbocycles. The summed E-state index contributed by atoms with van der Waals surface area (Å²) in [6.07, 6.45) is 4.25. The molecule has 2 rings (SSSR count). The van der Waals surface area contributed by atoms with Crippen LogP contribution in [0.15, 0.2) is 24.3 Å². The Bertz CT molecular complexity index is 487. The van der Waals surface area contributed by atoms with Crippen molar-refractivity contribution in [2.75, 3.05) is 6.54 Å². The van der Waals surface area contributed by atoms with Crippen molar-refractivity contribution in [1.29, 1.82) is 0 Å². The Morgan fingerprint density at radius 1 is 1.30 bits per heavy atom. The molecular formula is C14H19N3O3. The maximum absolute atomic E-state index is 12.1. The smallest absolute Gasteiger partial charge is 0.269 e. The van der Waals surface area contributed by atoms with E-state index in [4.69, 9.17) is 5.73 Å². The van der Waals surface area contributed by atoms with Gasteiger partial charge in [0.2, 0.25) is 0 Å². The van der Waals surface area contributed by atoms with Crippen molar-refractivity contribution in [3.8, 4) is 0 Å². The van der Waals surface area contributed by atoms with Gasteiger partial charge in [-0.15, -0.1) is 0 Å². The molecular weight excluding hydrogens is 258 g/mol. The van der Waals surface area contributed by atoms with Crippen LogP contribution in [-0.4, -0.2) is 23.4 Å². The highest BCUT2D eigenvalue weighted by Crippen LogP contribution is 2.24. The summed E-state index contributed by atoms with van der Waals surface area (Å²) >= 11 is 0. The number of rotatable bonds is 4. The van der Waals surface area contributed by atoms with E-state index in [1.54, 1.807) is 0 Å². The van der Waals surface area contributed by atoms with Crippen LogP contribution in [0.5, 0.6) is 0 Å². The Kier molecular flexibility index (Phi) is 4.68. The van der Waals surface area contributed by atoms with Gasteiger partial charge in [-0.2, -0.15) is 0 Å². The second kappa shape index (κ2) is 6.47. The van der Waals surface area contributed by atoms with Gasteiger partial charge in [0, 0.05) is 23.7 Å². The predicted octanol–water partition coefficient (Wildman–Crippen LogP) is 1.84. The van der Waals surface area contributed by atoms with E-state index in [9.17, 15) is 14.9 Å². The molecule has 1 aliphatic rings. The van der Waals surface area contributed by atoms with Crippen LogP contribution in [0.2, 0.25) is 0 Å². The van der Waals surface area contributed by atoms with Gasteiger partial charge in [-0.1, -0.05) is 12.8 Å². The number of hydrogen-bond acceptors (Lipinski definition) is 4. The molecule has 1 aromatic rings. The van der Waals surface area contributed by atoms with Gasteiger partial charge in [-0.05, 0) is 37.4 Å². The number of nitrogens with zero attached hydrogens (tertiary/aromatic N) is 1. The minimum atomic E-state index is -0.479. The normalized spacial score (nSPS) is 22.2. The van der Waals surface area contributed by atoms with Gasteiger partial charge in [0.1, 0.15) is 0 Å². The van der Waals surface area contributed by atoms with Gasteiger partial charge in [0.25, 0.3) is 11.6 Å². The lowest BCUT2D eigenvalue weighted by molar-refractivity contribution is -0.384. The number of benzene rings is 1. The van der Waals surface area contributed by atoms with E-state index in [2.05, 4.69) is 5.32 Å². The van der Waals surface area contributed by atoms with Gasteiger partial charge in [-0.3, -0.25) is 14.9 Å². The van der Waals surface area contributed by atoms with Crippen LogP contribution >= 0.6 is 0 Å². The number of carbonyl (C=O) groups excluding carboxylic acids is 1. The van der Waals surface area contributed by atoms with E-state index in [0.29, 0.717) is 18.0 Å². The van der Waals surface area contributed by atoms with Gasteiger partial charge < -0.3 is 11.1 Å². The second-order valence-electron chi connectivity index (χ2n) is 5.16. The molecule has 0 aromatic heterocycles. The van der Waals surface area contributed by atoms with Crippen LogP contribution in [0.3, 0.4) is 0 Å². The topological polar surface area (TPSA) is 98.3 Å². The first kappa shape index (κ1) is 14.5. The maximum Gasteiger partial charge on any atom is 0.269 e. The summed E-state index contributed by atoms with van der Waals surface area (Å²) in [5, 5.41) is 13.6. The second-order valence-corrected chi connectivity index (χ2v) is 5.16. The summed E-state index contributed by atoms with van der Waals surface area (Å²) in [6, 6.07) is 5.75. The van der Waals surface area contributed by atoms with Crippen LogP contribution in [-0.2, 0) is 0 Å². The standard InChI is InChI=1S/C14H19N3O3/c15-9-11-3-1-2-4-13(11)16-14(18)10-5-7-12(8-6-10)17(19)20/h5-8,11,13H,1-4,9,15H2,(H,16,18). The van der Waals surface area contributed by atoms with Crippen LogP contribution in [0, 0.1) is 16.0 Å². The Balaban J connectivity index is 2.01. The van der Waals surface area contributed by atoms with Crippen molar-refractivity contribution in [2.45, 2.75) is 31.7 Å². The molecule has 6 heteroatoms.